The third-order valence-electron chi connectivity index (χ3n) is 1.80. The first kappa shape index (κ1) is 16.5. The van der Waals surface area contributed by atoms with Gasteiger partial charge in [-0.1, -0.05) is 66.0 Å². The highest BCUT2D eigenvalue weighted by atomic mass is 79.9. The van der Waals surface area contributed by atoms with Crippen molar-refractivity contribution in [3.8, 4) is 0 Å². The summed E-state index contributed by atoms with van der Waals surface area (Å²) in [5, 5.41) is 0.699. The Balaban J connectivity index is 4.55. The van der Waals surface area contributed by atoms with Crippen LogP contribution < -0.4 is 0 Å². The minimum absolute atomic E-state index is 0.0255. The third kappa shape index (κ3) is 6.72. The predicted molar refractivity (Wildman–Crippen MR) is 82.2 cm³/mol. The second kappa shape index (κ2) is 7.05. The van der Waals surface area contributed by atoms with Gasteiger partial charge in [-0.3, -0.25) is 0 Å². The Morgan fingerprint density at radius 3 is 2.20 bits per heavy atom. The van der Waals surface area contributed by atoms with Crippen LogP contribution in [0.15, 0.2) is 23.2 Å². The minimum Gasteiger partial charge on any atom is -0.114 e. The van der Waals surface area contributed by atoms with E-state index in [-0.39, 0.29) is 9.70 Å². The average molecular weight is 444 g/mol. The second-order valence-corrected chi connectivity index (χ2v) is 7.37. The predicted octanol–water partition coefficient (Wildman–Crippen LogP) is 5.60. The molecule has 0 aliphatic heterocycles. The Kier molecular flexibility index (Phi) is 7.76. The fraction of sp³-hybridized carbons (Fsp3) is 0.600. The highest BCUT2D eigenvalue weighted by molar-refractivity contribution is 9.11. The Labute approximate surface area is 127 Å². The van der Waals surface area contributed by atoms with Gasteiger partial charge in [0.2, 0.25) is 0 Å². The van der Waals surface area contributed by atoms with Gasteiger partial charge in [-0.2, -0.15) is 0 Å². The number of hydrogen-bond acceptors (Lipinski definition) is 0. The molecule has 15 heavy (non-hydrogen) atoms. The van der Waals surface area contributed by atoms with Crippen molar-refractivity contribution in [2.24, 2.45) is 0 Å². The van der Waals surface area contributed by atoms with Crippen LogP contribution in [0.3, 0.4) is 0 Å². The zero-order valence-electron chi connectivity index (χ0n) is 8.48. The summed E-state index contributed by atoms with van der Waals surface area (Å²) in [7, 11) is 0. The van der Waals surface area contributed by atoms with Crippen molar-refractivity contribution in [2.45, 2.75) is 28.4 Å². The first-order chi connectivity index (χ1) is 6.75. The standard InChI is InChI=1S/C10H13Br3Cl2/c1-9(14,7-12)4-3-8(13)10(2,15)5-6-11/h3-6,8H,7H2,1-2H3/b4-3+,6-5+. The van der Waals surface area contributed by atoms with Crippen molar-refractivity contribution in [1.29, 1.82) is 0 Å². The van der Waals surface area contributed by atoms with Gasteiger partial charge in [0.05, 0.1) is 14.6 Å². The molecular formula is C10H13Br3Cl2. The lowest BCUT2D eigenvalue weighted by Gasteiger charge is -2.22. The molecule has 0 aliphatic rings. The van der Waals surface area contributed by atoms with E-state index in [2.05, 4.69) is 47.8 Å². The molecule has 88 valence electrons. The van der Waals surface area contributed by atoms with Crippen LogP contribution >= 0.6 is 71.0 Å². The second-order valence-electron chi connectivity index (χ2n) is 3.62. The number of alkyl halides is 4. The molecule has 0 amide bonds. The summed E-state index contributed by atoms with van der Waals surface area (Å²) in [6.07, 6.45) is 5.78. The first-order valence-corrected chi connectivity index (χ1v) is 8.01. The molecule has 0 aromatic carbocycles. The van der Waals surface area contributed by atoms with Crippen LogP contribution in [0.2, 0.25) is 0 Å². The van der Waals surface area contributed by atoms with Crippen molar-refractivity contribution in [1.82, 2.24) is 0 Å². The number of rotatable bonds is 5. The normalized spacial score (nSPS) is 22.9. The van der Waals surface area contributed by atoms with Crippen molar-refractivity contribution < 1.29 is 0 Å². The van der Waals surface area contributed by atoms with E-state index in [0.717, 1.165) is 0 Å². The topological polar surface area (TPSA) is 0 Å². The highest BCUT2D eigenvalue weighted by Crippen LogP contribution is 2.30. The lowest BCUT2D eigenvalue weighted by Crippen LogP contribution is -2.25. The molecule has 5 heteroatoms. The van der Waals surface area contributed by atoms with Gasteiger partial charge in [-0.15, -0.1) is 23.2 Å². The quantitative estimate of drug-likeness (QED) is 0.383. The molecule has 0 N–H and O–H groups in total. The van der Waals surface area contributed by atoms with Gasteiger partial charge in [0.15, 0.2) is 0 Å². The van der Waals surface area contributed by atoms with Crippen molar-refractivity contribution >= 4 is 71.0 Å². The van der Waals surface area contributed by atoms with E-state index in [1.165, 1.54) is 0 Å². The first-order valence-electron chi connectivity index (χ1n) is 4.30. The maximum atomic E-state index is 6.29. The number of halogens is 5. The summed E-state index contributed by atoms with van der Waals surface area (Å²) >= 11 is 22.5. The van der Waals surface area contributed by atoms with Crippen LogP contribution in [-0.2, 0) is 0 Å². The average Bonchev–Trinajstić information content (AvgIpc) is 2.14. The van der Waals surface area contributed by atoms with Gasteiger partial charge in [0.25, 0.3) is 0 Å². The molecule has 0 aromatic heterocycles. The monoisotopic (exact) mass is 440 g/mol. The SMILES string of the molecule is CC(Cl)(/C=C/C(Br)C(C)(Cl)/C=C/Br)CBr. The zero-order chi connectivity index (χ0) is 12.1. The summed E-state index contributed by atoms with van der Waals surface area (Å²) in [6, 6.07) is 0. The maximum absolute atomic E-state index is 6.29. The zero-order valence-corrected chi connectivity index (χ0v) is 14.8. The van der Waals surface area contributed by atoms with Crippen molar-refractivity contribution in [2.75, 3.05) is 5.33 Å². The molecule has 3 unspecified atom stereocenters. The van der Waals surface area contributed by atoms with E-state index in [1.807, 2.05) is 32.1 Å². The molecule has 0 bridgehead atoms. The van der Waals surface area contributed by atoms with Gasteiger partial charge in [0.1, 0.15) is 0 Å². The minimum atomic E-state index is -0.473. The maximum Gasteiger partial charge on any atom is 0.0765 e. The van der Waals surface area contributed by atoms with Crippen LogP contribution in [0.5, 0.6) is 0 Å². The van der Waals surface area contributed by atoms with E-state index in [9.17, 15) is 0 Å². The van der Waals surface area contributed by atoms with Crippen LogP contribution in [0.4, 0.5) is 0 Å². The fourth-order valence-corrected chi connectivity index (χ4v) is 2.13. The Morgan fingerprint density at radius 1 is 1.27 bits per heavy atom. The van der Waals surface area contributed by atoms with E-state index in [1.54, 1.807) is 4.99 Å². The van der Waals surface area contributed by atoms with Gasteiger partial charge >= 0.3 is 0 Å². The Morgan fingerprint density at radius 2 is 1.80 bits per heavy atom. The summed E-state index contributed by atoms with van der Waals surface area (Å²) in [4.78, 5) is 0.931. The summed E-state index contributed by atoms with van der Waals surface area (Å²) < 4.78 is 0. The molecule has 0 fully saturated rings. The van der Waals surface area contributed by atoms with E-state index < -0.39 is 4.87 Å². The molecule has 0 aliphatic carbocycles. The van der Waals surface area contributed by atoms with Gasteiger partial charge in [-0.05, 0) is 18.8 Å². The summed E-state index contributed by atoms with van der Waals surface area (Å²) in [5.41, 5.74) is 0. The van der Waals surface area contributed by atoms with Gasteiger partial charge in [0, 0.05) is 5.33 Å². The van der Waals surface area contributed by atoms with Crippen molar-refractivity contribution in [3.63, 3.8) is 0 Å². The molecule has 0 saturated carbocycles. The Hall–Kier alpha value is 1.50. The lowest BCUT2D eigenvalue weighted by molar-refractivity contribution is 0.807. The van der Waals surface area contributed by atoms with E-state index >= 15 is 0 Å². The molecule has 0 radical (unpaired) electrons. The van der Waals surface area contributed by atoms with Crippen molar-refractivity contribution in [3.05, 3.63) is 23.2 Å². The molecule has 0 nitrogen and oxygen atoms in total. The fourth-order valence-electron chi connectivity index (χ4n) is 0.733. The lowest BCUT2D eigenvalue weighted by atomic mass is 10.1. The Bertz CT molecular complexity index is 247. The molecular weight excluding hydrogens is 431 g/mol. The number of allylic oxidation sites excluding steroid dienone is 3. The van der Waals surface area contributed by atoms with E-state index in [4.69, 9.17) is 23.2 Å². The molecule has 3 atom stereocenters. The molecule has 0 aromatic rings. The molecule has 0 rings (SSSR count). The van der Waals surface area contributed by atoms with Crippen LogP contribution in [-0.4, -0.2) is 19.9 Å². The third-order valence-corrected chi connectivity index (χ3v) is 5.69. The molecule has 0 saturated heterocycles. The van der Waals surface area contributed by atoms with Gasteiger partial charge in [-0.25, -0.2) is 0 Å². The number of hydrogen-bond donors (Lipinski definition) is 0. The summed E-state index contributed by atoms with van der Waals surface area (Å²) in [5.74, 6) is 0. The summed E-state index contributed by atoms with van der Waals surface area (Å²) in [6.45, 7) is 3.86. The van der Waals surface area contributed by atoms with Gasteiger partial charge < -0.3 is 0 Å². The smallest absolute Gasteiger partial charge is 0.0765 e. The molecule has 0 spiro atoms. The van der Waals surface area contributed by atoms with Crippen LogP contribution in [0.25, 0.3) is 0 Å². The van der Waals surface area contributed by atoms with Crippen LogP contribution in [0.1, 0.15) is 13.8 Å². The highest BCUT2D eigenvalue weighted by Gasteiger charge is 2.26. The van der Waals surface area contributed by atoms with Crippen LogP contribution in [0, 0.1) is 0 Å². The molecule has 0 heterocycles. The largest absolute Gasteiger partial charge is 0.114 e. The van der Waals surface area contributed by atoms with E-state index in [0.29, 0.717) is 5.33 Å².